The van der Waals surface area contributed by atoms with Gasteiger partial charge in [-0.2, -0.15) is 0 Å². The third-order valence-corrected chi connectivity index (χ3v) is 3.40. The molecule has 1 aromatic carbocycles. The zero-order chi connectivity index (χ0) is 11.8. The molecule has 0 aliphatic carbocycles. The number of nitrogens with one attached hydrogen (secondary N) is 2. The van der Waals surface area contributed by atoms with Gasteiger partial charge in [0.1, 0.15) is 11.6 Å². The van der Waals surface area contributed by atoms with E-state index in [0.29, 0.717) is 16.6 Å². The first-order valence-electron chi connectivity index (χ1n) is 5.40. The molecule has 2 aromatic rings. The minimum Gasteiger partial charge on any atom is -0.378 e. The Morgan fingerprint density at radius 2 is 2.35 bits per heavy atom. The van der Waals surface area contributed by atoms with Gasteiger partial charge in [0.15, 0.2) is 0 Å². The number of nitrogens with zero attached hydrogens (tertiary/aromatic N) is 1. The molecule has 1 aromatic heterocycles. The molecule has 3 rings (SSSR count). The lowest BCUT2D eigenvalue weighted by molar-refractivity contribution is 0.0746. The maximum atomic E-state index is 13.4. The number of morpholine rings is 1. The summed E-state index contributed by atoms with van der Waals surface area (Å²) in [7, 11) is 0. The minimum atomic E-state index is -0.291. The third kappa shape index (κ3) is 2.08. The summed E-state index contributed by atoms with van der Waals surface area (Å²) in [5.41, 5.74) is 1.45. The molecule has 1 aliphatic heterocycles. The molecule has 1 unspecified atom stereocenters. The third-order valence-electron chi connectivity index (χ3n) is 2.79. The van der Waals surface area contributed by atoms with Crippen molar-refractivity contribution in [2.75, 3.05) is 19.8 Å². The van der Waals surface area contributed by atoms with E-state index in [0.717, 1.165) is 24.5 Å². The summed E-state index contributed by atoms with van der Waals surface area (Å²) in [4.78, 5) is 7.56. The van der Waals surface area contributed by atoms with Gasteiger partial charge in [-0.15, -0.1) is 0 Å². The van der Waals surface area contributed by atoms with E-state index in [-0.39, 0.29) is 11.9 Å². The van der Waals surface area contributed by atoms with Crippen LogP contribution in [-0.2, 0) is 4.74 Å². The van der Waals surface area contributed by atoms with Crippen molar-refractivity contribution in [3.63, 3.8) is 0 Å². The predicted molar refractivity (Wildman–Crippen MR) is 65.3 cm³/mol. The lowest BCUT2D eigenvalue weighted by atomic mass is 10.2. The SMILES string of the molecule is Fc1cc2[nH]c(C3COCCN3)nc2cc1Br. The molecule has 0 radical (unpaired) electrons. The standard InChI is InChI=1S/C11H11BrFN3O/c12-6-3-8-9(4-7(6)13)16-11(15-8)10-5-17-2-1-14-10/h3-4,10,14H,1-2,5H2,(H,15,16). The molecule has 2 N–H and O–H groups in total. The number of aromatic nitrogens is 2. The molecule has 1 saturated heterocycles. The number of hydrogen-bond donors (Lipinski definition) is 2. The molecule has 4 nitrogen and oxygen atoms in total. The molecule has 2 heterocycles. The van der Waals surface area contributed by atoms with Crippen LogP contribution in [0.4, 0.5) is 4.39 Å². The Kier molecular flexibility index (Phi) is 2.85. The normalized spacial score (nSPS) is 20.9. The van der Waals surface area contributed by atoms with Crippen LogP contribution in [0, 0.1) is 5.82 Å². The van der Waals surface area contributed by atoms with Gasteiger partial charge in [0.05, 0.1) is 34.8 Å². The Labute approximate surface area is 106 Å². The average molecular weight is 300 g/mol. The van der Waals surface area contributed by atoms with Gasteiger partial charge >= 0.3 is 0 Å². The van der Waals surface area contributed by atoms with E-state index in [1.165, 1.54) is 6.07 Å². The Morgan fingerprint density at radius 1 is 1.47 bits per heavy atom. The molecule has 6 heteroatoms. The molecular weight excluding hydrogens is 289 g/mol. The van der Waals surface area contributed by atoms with Gasteiger partial charge in [0.25, 0.3) is 0 Å². The zero-order valence-electron chi connectivity index (χ0n) is 8.96. The lowest BCUT2D eigenvalue weighted by Gasteiger charge is -2.21. The molecule has 1 fully saturated rings. The van der Waals surface area contributed by atoms with Gasteiger partial charge < -0.3 is 15.0 Å². The Morgan fingerprint density at radius 3 is 3.12 bits per heavy atom. The second-order valence-electron chi connectivity index (χ2n) is 3.99. The van der Waals surface area contributed by atoms with E-state index in [4.69, 9.17) is 4.74 Å². The van der Waals surface area contributed by atoms with Crippen molar-refractivity contribution in [2.24, 2.45) is 0 Å². The molecule has 0 amide bonds. The lowest BCUT2D eigenvalue weighted by Crippen LogP contribution is -2.35. The summed E-state index contributed by atoms with van der Waals surface area (Å²) >= 11 is 3.15. The summed E-state index contributed by atoms with van der Waals surface area (Å²) < 4.78 is 19.2. The Balaban J connectivity index is 2.00. The quantitative estimate of drug-likeness (QED) is 0.848. The number of halogens is 2. The number of imidazole rings is 1. The molecule has 0 spiro atoms. The molecule has 0 bridgehead atoms. The maximum absolute atomic E-state index is 13.4. The summed E-state index contributed by atoms with van der Waals surface area (Å²) in [5.74, 6) is 0.498. The van der Waals surface area contributed by atoms with E-state index in [1.807, 2.05) is 0 Å². The first kappa shape index (κ1) is 11.1. The first-order valence-corrected chi connectivity index (χ1v) is 6.19. The van der Waals surface area contributed by atoms with Crippen molar-refractivity contribution >= 4 is 27.0 Å². The van der Waals surface area contributed by atoms with Crippen molar-refractivity contribution in [3.05, 3.63) is 28.2 Å². The largest absolute Gasteiger partial charge is 0.378 e. The average Bonchev–Trinajstić information content (AvgIpc) is 2.74. The van der Waals surface area contributed by atoms with E-state index in [9.17, 15) is 4.39 Å². The van der Waals surface area contributed by atoms with Crippen molar-refractivity contribution in [1.29, 1.82) is 0 Å². The van der Waals surface area contributed by atoms with Gasteiger partial charge in [0.2, 0.25) is 0 Å². The fourth-order valence-electron chi connectivity index (χ4n) is 1.93. The molecule has 17 heavy (non-hydrogen) atoms. The Hall–Kier alpha value is -0.980. The first-order chi connectivity index (χ1) is 8.24. The van der Waals surface area contributed by atoms with Crippen LogP contribution < -0.4 is 5.32 Å². The van der Waals surface area contributed by atoms with Gasteiger partial charge in [-0.3, -0.25) is 0 Å². The smallest absolute Gasteiger partial charge is 0.139 e. The molecule has 0 saturated carbocycles. The highest BCUT2D eigenvalue weighted by atomic mass is 79.9. The summed E-state index contributed by atoms with van der Waals surface area (Å²) in [6.45, 7) is 2.11. The Bertz CT molecular complexity index is 512. The minimum absolute atomic E-state index is 0.0537. The second kappa shape index (κ2) is 4.36. The second-order valence-corrected chi connectivity index (χ2v) is 4.84. The van der Waals surface area contributed by atoms with Crippen LogP contribution in [0.25, 0.3) is 11.0 Å². The number of hydrogen-bond acceptors (Lipinski definition) is 3. The summed E-state index contributed by atoms with van der Waals surface area (Å²) in [6.07, 6.45) is 0. The van der Waals surface area contributed by atoms with Crippen LogP contribution in [-0.4, -0.2) is 29.7 Å². The van der Waals surface area contributed by atoms with E-state index in [2.05, 4.69) is 31.2 Å². The number of ether oxygens (including phenoxy) is 1. The van der Waals surface area contributed by atoms with Crippen molar-refractivity contribution in [3.8, 4) is 0 Å². The van der Waals surface area contributed by atoms with Gasteiger partial charge in [0, 0.05) is 12.6 Å². The molecule has 1 aliphatic rings. The fraction of sp³-hybridized carbons (Fsp3) is 0.364. The van der Waals surface area contributed by atoms with Crippen molar-refractivity contribution in [2.45, 2.75) is 6.04 Å². The maximum Gasteiger partial charge on any atom is 0.139 e. The summed E-state index contributed by atoms with van der Waals surface area (Å²) in [6, 6.07) is 3.17. The molecular formula is C11H11BrFN3O. The topological polar surface area (TPSA) is 49.9 Å². The zero-order valence-corrected chi connectivity index (χ0v) is 10.6. The van der Waals surface area contributed by atoms with Gasteiger partial charge in [-0.05, 0) is 22.0 Å². The summed E-state index contributed by atoms with van der Waals surface area (Å²) in [5, 5.41) is 3.30. The van der Waals surface area contributed by atoms with Crippen LogP contribution >= 0.6 is 15.9 Å². The van der Waals surface area contributed by atoms with E-state index >= 15 is 0 Å². The fourth-order valence-corrected chi connectivity index (χ4v) is 2.26. The predicted octanol–water partition coefficient (Wildman–Crippen LogP) is 2.13. The van der Waals surface area contributed by atoms with Crippen LogP contribution in [0.15, 0.2) is 16.6 Å². The molecule has 1 atom stereocenters. The van der Waals surface area contributed by atoms with Crippen molar-refractivity contribution < 1.29 is 9.13 Å². The monoisotopic (exact) mass is 299 g/mol. The highest BCUT2D eigenvalue weighted by Crippen LogP contribution is 2.23. The number of fused-ring (bicyclic) bond motifs is 1. The number of aromatic amines is 1. The number of benzene rings is 1. The van der Waals surface area contributed by atoms with Gasteiger partial charge in [-0.25, -0.2) is 9.37 Å². The van der Waals surface area contributed by atoms with Gasteiger partial charge in [-0.1, -0.05) is 0 Å². The molecule has 90 valence electrons. The van der Waals surface area contributed by atoms with Crippen LogP contribution in [0.3, 0.4) is 0 Å². The van der Waals surface area contributed by atoms with Crippen LogP contribution in [0.5, 0.6) is 0 Å². The number of H-pyrrole nitrogens is 1. The number of rotatable bonds is 1. The highest BCUT2D eigenvalue weighted by molar-refractivity contribution is 9.10. The van der Waals surface area contributed by atoms with E-state index < -0.39 is 0 Å². The van der Waals surface area contributed by atoms with Crippen LogP contribution in [0.2, 0.25) is 0 Å². The van der Waals surface area contributed by atoms with Crippen LogP contribution in [0.1, 0.15) is 11.9 Å². The van der Waals surface area contributed by atoms with E-state index in [1.54, 1.807) is 6.07 Å². The highest BCUT2D eigenvalue weighted by Gasteiger charge is 2.19. The van der Waals surface area contributed by atoms with Crippen molar-refractivity contribution in [1.82, 2.24) is 15.3 Å².